The molecular formula is C13H25NO3. The summed E-state index contributed by atoms with van der Waals surface area (Å²) in [5.74, 6) is -1.10. The molecule has 17 heavy (non-hydrogen) atoms. The van der Waals surface area contributed by atoms with E-state index in [1.165, 1.54) is 4.90 Å². The van der Waals surface area contributed by atoms with E-state index < -0.39 is 11.9 Å². The molecule has 0 radical (unpaired) electrons. The number of carbonyl (C=O) groups is 2. The van der Waals surface area contributed by atoms with Crippen molar-refractivity contribution in [1.29, 1.82) is 0 Å². The average molecular weight is 243 g/mol. The van der Waals surface area contributed by atoms with E-state index in [4.69, 9.17) is 5.11 Å². The second-order valence-corrected chi connectivity index (χ2v) is 5.98. The minimum absolute atomic E-state index is 0.0144. The van der Waals surface area contributed by atoms with Crippen LogP contribution in [0.3, 0.4) is 0 Å². The van der Waals surface area contributed by atoms with Crippen LogP contribution in [0.2, 0.25) is 0 Å². The van der Waals surface area contributed by atoms with E-state index in [-0.39, 0.29) is 23.8 Å². The zero-order valence-corrected chi connectivity index (χ0v) is 11.8. The maximum absolute atomic E-state index is 11.9. The summed E-state index contributed by atoms with van der Waals surface area (Å²) in [6.07, 6.45) is 0.465. The van der Waals surface area contributed by atoms with Crippen molar-refractivity contribution in [3.63, 3.8) is 0 Å². The molecule has 0 aliphatic carbocycles. The minimum atomic E-state index is -0.867. The lowest BCUT2D eigenvalue weighted by Crippen LogP contribution is -2.35. The van der Waals surface area contributed by atoms with E-state index in [9.17, 15) is 9.59 Å². The van der Waals surface area contributed by atoms with Crippen molar-refractivity contribution in [1.82, 2.24) is 4.90 Å². The van der Waals surface area contributed by atoms with Gasteiger partial charge in [-0.3, -0.25) is 9.59 Å². The van der Waals surface area contributed by atoms with Crippen LogP contribution in [-0.2, 0) is 9.59 Å². The van der Waals surface area contributed by atoms with Crippen molar-refractivity contribution in [3.05, 3.63) is 0 Å². The molecule has 0 bridgehead atoms. The van der Waals surface area contributed by atoms with Crippen molar-refractivity contribution in [3.8, 4) is 0 Å². The Balaban J connectivity index is 4.29. The minimum Gasteiger partial charge on any atom is -0.481 e. The zero-order valence-electron chi connectivity index (χ0n) is 11.8. The molecule has 2 unspecified atom stereocenters. The van der Waals surface area contributed by atoms with Crippen molar-refractivity contribution in [2.45, 2.75) is 41.0 Å². The van der Waals surface area contributed by atoms with Crippen molar-refractivity contribution in [2.75, 3.05) is 13.6 Å². The number of amides is 1. The van der Waals surface area contributed by atoms with E-state index >= 15 is 0 Å². The molecule has 100 valence electrons. The summed E-state index contributed by atoms with van der Waals surface area (Å²) in [5.41, 5.74) is 0.0922. The Morgan fingerprint density at radius 1 is 1.24 bits per heavy atom. The molecule has 0 aromatic rings. The molecule has 0 aromatic carbocycles. The Morgan fingerprint density at radius 3 is 2.06 bits per heavy atom. The van der Waals surface area contributed by atoms with Crippen LogP contribution in [0.25, 0.3) is 0 Å². The van der Waals surface area contributed by atoms with Gasteiger partial charge in [0, 0.05) is 20.0 Å². The van der Waals surface area contributed by atoms with Gasteiger partial charge < -0.3 is 10.0 Å². The highest BCUT2D eigenvalue weighted by Crippen LogP contribution is 2.28. The Morgan fingerprint density at radius 2 is 1.71 bits per heavy atom. The third kappa shape index (κ3) is 5.71. The molecule has 0 rings (SSSR count). The highest BCUT2D eigenvalue weighted by Gasteiger charge is 2.25. The number of carboxylic acids is 1. The maximum atomic E-state index is 11.9. The fourth-order valence-electron chi connectivity index (χ4n) is 1.31. The summed E-state index contributed by atoms with van der Waals surface area (Å²) in [4.78, 5) is 24.1. The Hall–Kier alpha value is -1.06. The number of rotatable bonds is 5. The van der Waals surface area contributed by atoms with Crippen LogP contribution in [0.1, 0.15) is 41.0 Å². The van der Waals surface area contributed by atoms with Gasteiger partial charge >= 0.3 is 5.97 Å². The molecule has 1 N–H and O–H groups in total. The van der Waals surface area contributed by atoms with Gasteiger partial charge in [0.1, 0.15) is 0 Å². The summed E-state index contributed by atoms with van der Waals surface area (Å²) >= 11 is 0. The summed E-state index contributed by atoms with van der Waals surface area (Å²) < 4.78 is 0. The standard InChI is InChI=1S/C13H25NO3/c1-9(12(16)17)8-14(6)11(15)7-10(2)13(3,4)5/h9-10H,7-8H2,1-6H3,(H,16,17). The number of hydrogen-bond acceptors (Lipinski definition) is 2. The molecule has 0 aliphatic rings. The van der Waals surface area contributed by atoms with E-state index in [0.29, 0.717) is 6.42 Å². The second kappa shape index (κ2) is 6.03. The Bertz CT molecular complexity index is 281. The zero-order chi connectivity index (χ0) is 13.8. The lowest BCUT2D eigenvalue weighted by molar-refractivity contribution is -0.142. The topological polar surface area (TPSA) is 57.6 Å². The lowest BCUT2D eigenvalue weighted by Gasteiger charge is -2.29. The first kappa shape index (κ1) is 15.9. The molecule has 0 saturated heterocycles. The van der Waals surface area contributed by atoms with Gasteiger partial charge in [0.2, 0.25) is 5.91 Å². The van der Waals surface area contributed by atoms with Crippen molar-refractivity contribution >= 4 is 11.9 Å². The molecule has 4 nitrogen and oxygen atoms in total. The predicted molar refractivity (Wildman–Crippen MR) is 67.7 cm³/mol. The molecule has 0 aliphatic heterocycles. The maximum Gasteiger partial charge on any atom is 0.308 e. The first-order chi connectivity index (χ1) is 7.55. The van der Waals surface area contributed by atoms with Crippen LogP contribution < -0.4 is 0 Å². The quantitative estimate of drug-likeness (QED) is 0.805. The van der Waals surface area contributed by atoms with Crippen LogP contribution in [0, 0.1) is 17.3 Å². The van der Waals surface area contributed by atoms with Crippen LogP contribution >= 0.6 is 0 Å². The third-order valence-corrected chi connectivity index (χ3v) is 3.35. The fraction of sp³-hybridized carbons (Fsp3) is 0.846. The monoisotopic (exact) mass is 243 g/mol. The molecule has 2 atom stereocenters. The first-order valence-corrected chi connectivity index (χ1v) is 6.02. The number of aliphatic carboxylic acids is 1. The average Bonchev–Trinajstić information content (AvgIpc) is 2.15. The smallest absolute Gasteiger partial charge is 0.308 e. The van der Waals surface area contributed by atoms with Gasteiger partial charge in [-0.1, -0.05) is 34.6 Å². The number of hydrogen-bond donors (Lipinski definition) is 1. The highest BCUT2D eigenvalue weighted by molar-refractivity contribution is 5.77. The van der Waals surface area contributed by atoms with Crippen molar-refractivity contribution in [2.24, 2.45) is 17.3 Å². The predicted octanol–water partition coefficient (Wildman–Crippen LogP) is 2.24. The summed E-state index contributed by atoms with van der Waals surface area (Å²) in [7, 11) is 1.66. The van der Waals surface area contributed by atoms with E-state index in [1.807, 2.05) is 6.92 Å². The van der Waals surface area contributed by atoms with Gasteiger partial charge in [-0.05, 0) is 11.3 Å². The number of carbonyl (C=O) groups excluding carboxylic acids is 1. The third-order valence-electron chi connectivity index (χ3n) is 3.35. The molecule has 4 heteroatoms. The Kier molecular flexibility index (Phi) is 5.66. The van der Waals surface area contributed by atoms with Gasteiger partial charge in [0.25, 0.3) is 0 Å². The molecule has 0 heterocycles. The van der Waals surface area contributed by atoms with E-state index in [0.717, 1.165) is 0 Å². The van der Waals surface area contributed by atoms with Gasteiger partial charge in [0.05, 0.1) is 5.92 Å². The fourth-order valence-corrected chi connectivity index (χ4v) is 1.31. The van der Waals surface area contributed by atoms with E-state index in [2.05, 4.69) is 20.8 Å². The summed E-state index contributed by atoms with van der Waals surface area (Å²) in [5, 5.41) is 8.79. The lowest BCUT2D eigenvalue weighted by atomic mass is 9.80. The van der Waals surface area contributed by atoms with Crippen LogP contribution in [-0.4, -0.2) is 35.5 Å². The largest absolute Gasteiger partial charge is 0.481 e. The number of carboxylic acid groups (broad SMARTS) is 1. The first-order valence-electron chi connectivity index (χ1n) is 6.02. The summed E-state index contributed by atoms with van der Waals surface area (Å²) in [6, 6.07) is 0. The molecular weight excluding hydrogens is 218 g/mol. The van der Waals surface area contributed by atoms with Gasteiger partial charge in [-0.25, -0.2) is 0 Å². The van der Waals surface area contributed by atoms with Crippen LogP contribution in [0.5, 0.6) is 0 Å². The van der Waals surface area contributed by atoms with Gasteiger partial charge in [0.15, 0.2) is 0 Å². The molecule has 1 amide bonds. The van der Waals surface area contributed by atoms with E-state index in [1.54, 1.807) is 14.0 Å². The van der Waals surface area contributed by atoms with Crippen LogP contribution in [0.4, 0.5) is 0 Å². The summed E-state index contributed by atoms with van der Waals surface area (Å²) in [6.45, 7) is 10.2. The SMILES string of the molecule is CC(CN(C)C(=O)CC(C)C(C)(C)C)C(=O)O. The second-order valence-electron chi connectivity index (χ2n) is 5.98. The number of nitrogens with zero attached hydrogens (tertiary/aromatic N) is 1. The van der Waals surface area contributed by atoms with Crippen LogP contribution in [0.15, 0.2) is 0 Å². The molecule has 0 saturated carbocycles. The highest BCUT2D eigenvalue weighted by atomic mass is 16.4. The van der Waals surface area contributed by atoms with Crippen molar-refractivity contribution < 1.29 is 14.7 Å². The normalized spacial score (nSPS) is 15.2. The van der Waals surface area contributed by atoms with Gasteiger partial charge in [-0.15, -0.1) is 0 Å². The molecule has 0 aromatic heterocycles. The molecule has 0 fully saturated rings. The molecule has 0 spiro atoms. The van der Waals surface area contributed by atoms with Gasteiger partial charge in [-0.2, -0.15) is 0 Å². The Labute approximate surface area is 104 Å².